The molecule has 1 atom stereocenters. The van der Waals surface area contributed by atoms with Crippen molar-refractivity contribution in [1.29, 1.82) is 0 Å². The maximum absolute atomic E-state index is 11.7. The molecular weight excluding hydrogens is 248 g/mol. The normalized spacial score (nSPS) is 16.2. The van der Waals surface area contributed by atoms with E-state index in [0.717, 1.165) is 31.7 Å². The van der Waals surface area contributed by atoms with Crippen LogP contribution >= 0.6 is 0 Å². The maximum atomic E-state index is 11.7. The van der Waals surface area contributed by atoms with E-state index >= 15 is 0 Å². The van der Waals surface area contributed by atoms with Crippen LogP contribution in [0, 0.1) is 0 Å². The number of carboxylic acids is 1. The highest BCUT2D eigenvalue weighted by Gasteiger charge is 2.18. The summed E-state index contributed by atoms with van der Waals surface area (Å²) in [5, 5.41) is 18.9. The lowest BCUT2D eigenvalue weighted by molar-refractivity contribution is -0.138. The number of aromatic nitrogens is 2. The predicted octanol–water partition coefficient (Wildman–Crippen LogP) is 0.280. The van der Waals surface area contributed by atoms with Crippen LogP contribution in [0.15, 0.2) is 12.1 Å². The summed E-state index contributed by atoms with van der Waals surface area (Å²) in [6.45, 7) is 3.30. The van der Waals surface area contributed by atoms with Gasteiger partial charge < -0.3 is 15.3 Å². The van der Waals surface area contributed by atoms with E-state index in [4.69, 9.17) is 5.11 Å². The molecule has 1 amide bonds. The van der Waals surface area contributed by atoms with E-state index in [2.05, 4.69) is 20.4 Å². The van der Waals surface area contributed by atoms with Gasteiger partial charge in [-0.2, -0.15) is 0 Å². The van der Waals surface area contributed by atoms with Crippen molar-refractivity contribution >= 4 is 17.7 Å². The number of hydrogen-bond donors (Lipinski definition) is 2. The van der Waals surface area contributed by atoms with Gasteiger partial charge in [-0.05, 0) is 31.9 Å². The number of aliphatic carboxylic acids is 1. The van der Waals surface area contributed by atoms with E-state index in [1.165, 1.54) is 6.92 Å². The van der Waals surface area contributed by atoms with Gasteiger partial charge in [-0.25, -0.2) is 0 Å². The summed E-state index contributed by atoms with van der Waals surface area (Å²) in [6.07, 6.45) is 2.28. The van der Waals surface area contributed by atoms with Gasteiger partial charge >= 0.3 is 5.97 Å². The number of carboxylic acid groups (broad SMARTS) is 1. The molecule has 7 nitrogen and oxygen atoms in total. The predicted molar refractivity (Wildman–Crippen MR) is 68.0 cm³/mol. The van der Waals surface area contributed by atoms with Gasteiger partial charge in [0.15, 0.2) is 11.5 Å². The molecule has 1 aliphatic heterocycles. The Hall–Kier alpha value is -2.18. The van der Waals surface area contributed by atoms with Gasteiger partial charge in [-0.15, -0.1) is 10.2 Å². The molecule has 0 bridgehead atoms. The number of carbonyl (C=O) groups is 2. The third-order valence-corrected chi connectivity index (χ3v) is 3.03. The molecule has 0 aromatic carbocycles. The minimum atomic E-state index is -1.09. The van der Waals surface area contributed by atoms with Gasteiger partial charge in [0, 0.05) is 13.1 Å². The molecular formula is C12H16N4O3. The Morgan fingerprint density at radius 3 is 2.53 bits per heavy atom. The Labute approximate surface area is 110 Å². The van der Waals surface area contributed by atoms with E-state index in [0.29, 0.717) is 0 Å². The Balaban J connectivity index is 2.01. The van der Waals surface area contributed by atoms with Crippen molar-refractivity contribution in [2.75, 3.05) is 18.0 Å². The number of rotatable bonds is 4. The third kappa shape index (κ3) is 3.18. The zero-order chi connectivity index (χ0) is 13.8. The first kappa shape index (κ1) is 13.3. The van der Waals surface area contributed by atoms with E-state index in [1.54, 1.807) is 12.1 Å². The average molecular weight is 264 g/mol. The fourth-order valence-electron chi connectivity index (χ4n) is 1.89. The molecule has 2 heterocycles. The molecule has 1 aromatic heterocycles. The first-order chi connectivity index (χ1) is 9.08. The second-order valence-electron chi connectivity index (χ2n) is 4.50. The minimum absolute atomic E-state index is 0.121. The van der Waals surface area contributed by atoms with E-state index in [9.17, 15) is 9.59 Å². The van der Waals surface area contributed by atoms with Crippen molar-refractivity contribution in [3.8, 4) is 0 Å². The first-order valence-corrected chi connectivity index (χ1v) is 6.20. The van der Waals surface area contributed by atoms with Crippen LogP contribution in [0.5, 0.6) is 0 Å². The topological polar surface area (TPSA) is 95.4 Å². The first-order valence-electron chi connectivity index (χ1n) is 6.20. The Morgan fingerprint density at radius 2 is 2.00 bits per heavy atom. The van der Waals surface area contributed by atoms with Crippen LogP contribution in [0.3, 0.4) is 0 Å². The van der Waals surface area contributed by atoms with Crippen molar-refractivity contribution in [3.63, 3.8) is 0 Å². The minimum Gasteiger partial charge on any atom is -0.480 e. The highest BCUT2D eigenvalue weighted by atomic mass is 16.4. The summed E-state index contributed by atoms with van der Waals surface area (Å²) in [6, 6.07) is 2.34. The summed E-state index contributed by atoms with van der Waals surface area (Å²) in [5.41, 5.74) is 0.121. The van der Waals surface area contributed by atoms with Crippen molar-refractivity contribution in [2.45, 2.75) is 25.8 Å². The average Bonchev–Trinajstić information content (AvgIpc) is 2.92. The lowest BCUT2D eigenvalue weighted by Gasteiger charge is -2.15. The summed E-state index contributed by atoms with van der Waals surface area (Å²) in [5.74, 6) is -0.870. The monoisotopic (exact) mass is 264 g/mol. The maximum Gasteiger partial charge on any atom is 0.325 e. The van der Waals surface area contributed by atoms with Gasteiger partial charge in [-0.1, -0.05) is 0 Å². The zero-order valence-corrected chi connectivity index (χ0v) is 10.7. The summed E-state index contributed by atoms with van der Waals surface area (Å²) < 4.78 is 0. The molecule has 0 saturated carbocycles. The standard InChI is InChI=1S/C12H16N4O3/c1-8(12(18)19)13-11(17)9-4-5-10(15-14-9)16-6-2-3-7-16/h4-5,8H,2-3,6-7H2,1H3,(H,13,17)(H,18,19). The van der Waals surface area contributed by atoms with Crippen LogP contribution < -0.4 is 10.2 Å². The van der Waals surface area contributed by atoms with Crippen molar-refractivity contribution in [2.24, 2.45) is 0 Å². The smallest absolute Gasteiger partial charge is 0.325 e. The molecule has 102 valence electrons. The Bertz CT molecular complexity index is 468. The summed E-state index contributed by atoms with van der Waals surface area (Å²) in [7, 11) is 0. The van der Waals surface area contributed by atoms with E-state index in [-0.39, 0.29) is 5.69 Å². The number of nitrogens with one attached hydrogen (secondary N) is 1. The largest absolute Gasteiger partial charge is 0.480 e. The summed E-state index contributed by atoms with van der Waals surface area (Å²) in [4.78, 5) is 24.4. The van der Waals surface area contributed by atoms with Gasteiger partial charge in [0.1, 0.15) is 6.04 Å². The van der Waals surface area contributed by atoms with Crippen LogP contribution in [0.4, 0.5) is 5.82 Å². The lowest BCUT2D eigenvalue weighted by atomic mass is 10.3. The van der Waals surface area contributed by atoms with Crippen LogP contribution in [0.25, 0.3) is 0 Å². The zero-order valence-electron chi connectivity index (χ0n) is 10.7. The highest BCUT2D eigenvalue weighted by molar-refractivity contribution is 5.94. The van der Waals surface area contributed by atoms with Crippen LogP contribution in [0.2, 0.25) is 0 Å². The molecule has 0 spiro atoms. The van der Waals surface area contributed by atoms with Crippen molar-refractivity contribution < 1.29 is 14.7 Å². The van der Waals surface area contributed by atoms with Crippen molar-refractivity contribution in [1.82, 2.24) is 15.5 Å². The second-order valence-corrected chi connectivity index (χ2v) is 4.50. The molecule has 19 heavy (non-hydrogen) atoms. The molecule has 0 aliphatic carbocycles. The SMILES string of the molecule is CC(NC(=O)c1ccc(N2CCCC2)nn1)C(=O)O. The number of carbonyl (C=O) groups excluding carboxylic acids is 1. The molecule has 2 N–H and O–H groups in total. The Morgan fingerprint density at radius 1 is 1.32 bits per heavy atom. The van der Waals surface area contributed by atoms with Crippen molar-refractivity contribution in [3.05, 3.63) is 17.8 Å². The van der Waals surface area contributed by atoms with E-state index < -0.39 is 17.9 Å². The molecule has 1 saturated heterocycles. The number of nitrogens with zero attached hydrogens (tertiary/aromatic N) is 3. The molecule has 2 rings (SSSR count). The molecule has 1 aliphatic rings. The fraction of sp³-hybridized carbons (Fsp3) is 0.500. The molecule has 7 heteroatoms. The van der Waals surface area contributed by atoms with Gasteiger partial charge in [0.2, 0.25) is 0 Å². The highest BCUT2D eigenvalue weighted by Crippen LogP contribution is 2.16. The van der Waals surface area contributed by atoms with Crippen LogP contribution in [0.1, 0.15) is 30.3 Å². The number of anilines is 1. The quantitative estimate of drug-likeness (QED) is 0.811. The van der Waals surface area contributed by atoms with Crippen LogP contribution in [-0.4, -0.2) is 46.3 Å². The summed E-state index contributed by atoms with van der Waals surface area (Å²) >= 11 is 0. The number of hydrogen-bond acceptors (Lipinski definition) is 5. The van der Waals surface area contributed by atoms with Gasteiger partial charge in [-0.3, -0.25) is 9.59 Å². The fourth-order valence-corrected chi connectivity index (χ4v) is 1.89. The molecule has 1 fully saturated rings. The molecule has 1 aromatic rings. The third-order valence-electron chi connectivity index (χ3n) is 3.03. The van der Waals surface area contributed by atoms with E-state index in [1.807, 2.05) is 0 Å². The number of amides is 1. The lowest BCUT2D eigenvalue weighted by Crippen LogP contribution is -2.38. The second kappa shape index (κ2) is 5.64. The molecule has 0 radical (unpaired) electrons. The van der Waals surface area contributed by atoms with Crippen LogP contribution in [-0.2, 0) is 4.79 Å². The Kier molecular flexibility index (Phi) is 3.94. The van der Waals surface area contributed by atoms with Gasteiger partial charge in [0.25, 0.3) is 5.91 Å². The molecule has 1 unspecified atom stereocenters. The van der Waals surface area contributed by atoms with Gasteiger partial charge in [0.05, 0.1) is 0 Å².